The molecule has 12 heteroatoms. The van der Waals surface area contributed by atoms with Gasteiger partial charge in [0, 0.05) is 15.1 Å². The minimum Gasteiger partial charge on any atom is -0.445 e. The van der Waals surface area contributed by atoms with Crippen LogP contribution in [0.2, 0.25) is 15.1 Å². The third-order valence-corrected chi connectivity index (χ3v) is 8.01. The Morgan fingerprint density at radius 3 is 1.49 bits per heavy atom. The molecule has 1 heterocycles. The summed E-state index contributed by atoms with van der Waals surface area (Å²) in [5.74, 6) is -0.633. The molecule has 1 aliphatic heterocycles. The number of hydrogen-bond donors (Lipinski definition) is 1. The van der Waals surface area contributed by atoms with E-state index >= 15 is 0 Å². The van der Waals surface area contributed by atoms with Gasteiger partial charge < -0.3 is 23.7 Å². The summed E-state index contributed by atoms with van der Waals surface area (Å²) in [6, 6.07) is 22.0. The molecule has 0 amide bonds. The van der Waals surface area contributed by atoms with E-state index in [4.69, 9.17) is 98.7 Å². The number of ether oxygens (including phenoxy) is 5. The van der Waals surface area contributed by atoms with Crippen molar-refractivity contribution < 1.29 is 23.7 Å². The number of alkyl halides is 3. The molecule has 0 aliphatic carbocycles. The van der Waals surface area contributed by atoms with Crippen molar-refractivity contribution in [2.24, 2.45) is 0 Å². The van der Waals surface area contributed by atoms with Gasteiger partial charge in [0.1, 0.15) is 18.3 Å². The molecule has 0 spiro atoms. The Hall–Kier alpha value is -1.29. The molecule has 1 unspecified atom stereocenters. The predicted octanol–water partition coefficient (Wildman–Crippen LogP) is 8.81. The summed E-state index contributed by atoms with van der Waals surface area (Å²) in [5, 5.41) is 9.81. The molecule has 0 saturated carbocycles. The second-order valence-corrected chi connectivity index (χ2v) is 12.8. The molecule has 1 fully saturated rings. The number of nitrogens with one attached hydrogen (secondary N) is 1. The summed E-state index contributed by atoms with van der Waals surface area (Å²) < 4.78 is 28.9. The summed E-state index contributed by atoms with van der Waals surface area (Å²) in [7, 11) is 0. The Kier molecular flexibility index (Phi) is 11.9. The van der Waals surface area contributed by atoms with Crippen molar-refractivity contribution in [3.05, 3.63) is 105 Å². The molecule has 3 aromatic carbocycles. The number of hydrogen-bond acceptors (Lipinski definition) is 6. The molecule has 1 saturated heterocycles. The van der Waals surface area contributed by atoms with Gasteiger partial charge >= 0.3 is 0 Å². The van der Waals surface area contributed by atoms with E-state index in [0.717, 1.165) is 16.7 Å². The lowest BCUT2D eigenvalue weighted by atomic mass is 9.98. The van der Waals surface area contributed by atoms with E-state index in [0.29, 0.717) is 15.1 Å². The number of rotatable bonds is 10. The Bertz CT molecular complexity index is 1320. The second kappa shape index (κ2) is 14.9. The average Bonchev–Trinajstić information content (AvgIpc) is 2.92. The Morgan fingerprint density at radius 1 is 0.683 bits per heavy atom. The molecule has 6 nitrogen and oxygen atoms in total. The Balaban J connectivity index is 1.66. The van der Waals surface area contributed by atoms with E-state index in [2.05, 4.69) is 0 Å². The van der Waals surface area contributed by atoms with Gasteiger partial charge in [0.25, 0.3) is 3.79 Å². The van der Waals surface area contributed by atoms with Crippen molar-refractivity contribution >= 4 is 75.5 Å². The fourth-order valence-corrected chi connectivity index (χ4v) is 4.96. The van der Waals surface area contributed by atoms with Gasteiger partial charge in [-0.15, -0.1) is 0 Å². The SMILES string of the molecule is C[C@@H]1OC(OC(=N)C(Cl)(Cl)Cl)[C@@H](OCc2ccccc2Cl)[C@H](OCc2ccccc2Cl)[C@@H]1OCc1ccccc1Cl. The third kappa shape index (κ3) is 8.87. The highest BCUT2D eigenvalue weighted by Crippen LogP contribution is 2.35. The number of halogens is 6. The zero-order valence-corrected chi connectivity index (χ0v) is 26.3. The van der Waals surface area contributed by atoms with E-state index in [9.17, 15) is 0 Å². The van der Waals surface area contributed by atoms with Crippen LogP contribution >= 0.6 is 69.6 Å². The van der Waals surface area contributed by atoms with Crippen molar-refractivity contribution in [1.82, 2.24) is 0 Å². The van der Waals surface area contributed by atoms with Crippen molar-refractivity contribution in [3.8, 4) is 0 Å². The van der Waals surface area contributed by atoms with Crippen LogP contribution in [0.25, 0.3) is 0 Å². The van der Waals surface area contributed by atoms with Crippen LogP contribution in [0.1, 0.15) is 23.6 Å². The normalized spacial score (nSPS) is 22.9. The maximum Gasteiger partial charge on any atom is 0.265 e. The number of benzene rings is 3. The molecule has 0 radical (unpaired) electrons. The van der Waals surface area contributed by atoms with Gasteiger partial charge in [-0.1, -0.05) is 124 Å². The lowest BCUT2D eigenvalue weighted by Crippen LogP contribution is -2.60. The molecule has 0 bridgehead atoms. The zero-order chi connectivity index (χ0) is 29.6. The van der Waals surface area contributed by atoms with Gasteiger partial charge in [-0.2, -0.15) is 0 Å². The van der Waals surface area contributed by atoms with Crippen molar-refractivity contribution in [2.75, 3.05) is 0 Å². The lowest BCUT2D eigenvalue weighted by Gasteiger charge is -2.45. The summed E-state index contributed by atoms with van der Waals surface area (Å²) in [4.78, 5) is 0. The fourth-order valence-electron chi connectivity index (χ4n) is 4.25. The molecule has 4 rings (SSSR count). The third-order valence-electron chi connectivity index (χ3n) is 6.39. The van der Waals surface area contributed by atoms with Crippen LogP contribution in [-0.4, -0.2) is 40.4 Å². The van der Waals surface area contributed by atoms with Gasteiger partial charge in [-0.25, -0.2) is 0 Å². The minimum atomic E-state index is -2.12. The van der Waals surface area contributed by atoms with Gasteiger partial charge in [-0.3, -0.25) is 5.41 Å². The molecular formula is C29H27Cl6NO5. The molecule has 41 heavy (non-hydrogen) atoms. The predicted molar refractivity (Wildman–Crippen MR) is 164 cm³/mol. The first-order valence-corrected chi connectivity index (χ1v) is 14.8. The maximum absolute atomic E-state index is 8.18. The van der Waals surface area contributed by atoms with Crippen LogP contribution in [0.15, 0.2) is 72.8 Å². The highest BCUT2D eigenvalue weighted by molar-refractivity contribution is 6.76. The summed E-state index contributed by atoms with van der Waals surface area (Å²) in [5.41, 5.74) is 2.27. The first-order valence-electron chi connectivity index (χ1n) is 12.6. The molecule has 1 N–H and O–H groups in total. The van der Waals surface area contributed by atoms with Gasteiger partial charge in [0.2, 0.25) is 12.2 Å². The van der Waals surface area contributed by atoms with E-state index in [-0.39, 0.29) is 19.8 Å². The van der Waals surface area contributed by atoms with Gasteiger partial charge in [-0.05, 0) is 41.8 Å². The Labute approximate surface area is 269 Å². The van der Waals surface area contributed by atoms with E-state index in [1.165, 1.54) is 0 Å². The lowest BCUT2D eigenvalue weighted by molar-refractivity contribution is -0.304. The first kappa shape index (κ1) is 32.6. The van der Waals surface area contributed by atoms with Crippen LogP contribution < -0.4 is 0 Å². The largest absolute Gasteiger partial charge is 0.445 e. The smallest absolute Gasteiger partial charge is 0.265 e. The average molecular weight is 682 g/mol. The first-order chi connectivity index (χ1) is 19.5. The van der Waals surface area contributed by atoms with E-state index in [1.54, 1.807) is 25.1 Å². The quantitative estimate of drug-likeness (QED) is 0.132. The minimum absolute atomic E-state index is 0.0756. The Morgan fingerprint density at radius 2 is 1.07 bits per heavy atom. The highest BCUT2D eigenvalue weighted by Gasteiger charge is 2.49. The fraction of sp³-hybridized carbons (Fsp3) is 0.345. The molecule has 220 valence electrons. The van der Waals surface area contributed by atoms with Crippen molar-refractivity contribution in [2.45, 2.75) is 61.2 Å². The van der Waals surface area contributed by atoms with Crippen LogP contribution in [-0.2, 0) is 43.5 Å². The molecule has 5 atom stereocenters. The molecular weight excluding hydrogens is 655 g/mol. The monoisotopic (exact) mass is 679 g/mol. The van der Waals surface area contributed by atoms with Crippen molar-refractivity contribution in [1.29, 1.82) is 5.41 Å². The van der Waals surface area contributed by atoms with Crippen LogP contribution in [0, 0.1) is 5.41 Å². The molecule has 1 aliphatic rings. The summed E-state index contributed by atoms with van der Waals surface area (Å²) in [6.45, 7) is 2.18. The van der Waals surface area contributed by atoms with Crippen LogP contribution in [0.4, 0.5) is 0 Å². The van der Waals surface area contributed by atoms with Gasteiger partial charge in [0.15, 0.2) is 0 Å². The molecule has 0 aromatic heterocycles. The highest BCUT2D eigenvalue weighted by atomic mass is 35.6. The van der Waals surface area contributed by atoms with Crippen molar-refractivity contribution in [3.63, 3.8) is 0 Å². The molecule has 3 aromatic rings. The second-order valence-electron chi connectivity index (χ2n) is 9.26. The van der Waals surface area contributed by atoms with Crippen LogP contribution in [0.5, 0.6) is 0 Å². The van der Waals surface area contributed by atoms with Gasteiger partial charge in [0.05, 0.1) is 25.9 Å². The summed E-state index contributed by atoms with van der Waals surface area (Å²) >= 11 is 37.0. The van der Waals surface area contributed by atoms with E-state index in [1.807, 2.05) is 54.6 Å². The van der Waals surface area contributed by atoms with Crippen LogP contribution in [0.3, 0.4) is 0 Å². The maximum atomic E-state index is 8.18. The topological polar surface area (TPSA) is 70.0 Å². The standard InChI is InChI=1S/C29H27Cl6NO5/c1-17-24(37-14-18-8-2-5-11-21(18)30)25(38-15-19-9-3-6-12-22(19)31)26(27(40-17)41-28(36)29(33,34)35)39-16-20-10-4-7-13-23(20)32/h2-13,17,24-27,36H,14-16H2,1H3/t17-,24+,25+,26-,27?/m0/s1. The zero-order valence-electron chi connectivity index (χ0n) is 21.7. The van der Waals surface area contributed by atoms with E-state index < -0.39 is 40.4 Å². The summed E-state index contributed by atoms with van der Waals surface area (Å²) in [6.07, 6.45) is -4.18.